The molecule has 0 saturated carbocycles. The van der Waals surface area contributed by atoms with Crippen molar-refractivity contribution in [3.05, 3.63) is 53.6 Å². The third kappa shape index (κ3) is 4.58. The minimum Gasteiger partial charge on any atom is -0.462 e. The molecule has 0 bridgehead atoms. The molecule has 1 aliphatic rings. The van der Waals surface area contributed by atoms with Crippen LogP contribution in [0.5, 0.6) is 0 Å². The van der Waals surface area contributed by atoms with Crippen molar-refractivity contribution in [2.45, 2.75) is 18.9 Å². The molecule has 4 rings (SSSR count). The van der Waals surface area contributed by atoms with E-state index in [1.165, 1.54) is 11.3 Å². The highest BCUT2D eigenvalue weighted by Gasteiger charge is 2.30. The van der Waals surface area contributed by atoms with Gasteiger partial charge in [-0.1, -0.05) is 30.3 Å². The molecule has 152 valence electrons. The summed E-state index contributed by atoms with van der Waals surface area (Å²) in [5.74, 6) is 0.473. The van der Waals surface area contributed by atoms with E-state index in [1.54, 1.807) is 17.2 Å². The Bertz CT molecular complexity index is 1090. The van der Waals surface area contributed by atoms with Crippen molar-refractivity contribution in [1.82, 2.24) is 14.6 Å². The number of nitrogens with zero attached hydrogens (tertiary/aromatic N) is 2. The van der Waals surface area contributed by atoms with Crippen LogP contribution < -0.4 is 4.72 Å². The minimum absolute atomic E-state index is 0.140. The van der Waals surface area contributed by atoms with Gasteiger partial charge in [-0.3, -0.25) is 4.79 Å². The predicted molar refractivity (Wildman–Crippen MR) is 112 cm³/mol. The Morgan fingerprint density at radius 2 is 2.03 bits per heavy atom. The topological polar surface area (TPSA) is 92.5 Å². The molecule has 3 aromatic rings. The van der Waals surface area contributed by atoms with E-state index in [-0.39, 0.29) is 11.9 Å². The summed E-state index contributed by atoms with van der Waals surface area (Å²) in [5.41, 5.74) is 1.47. The number of benzene rings is 1. The van der Waals surface area contributed by atoms with Gasteiger partial charge in [0.1, 0.15) is 4.88 Å². The highest BCUT2D eigenvalue weighted by Crippen LogP contribution is 2.35. The fourth-order valence-corrected chi connectivity index (χ4v) is 5.29. The Kier molecular flexibility index (Phi) is 5.53. The third-order valence-corrected chi connectivity index (χ3v) is 6.51. The van der Waals surface area contributed by atoms with Crippen LogP contribution in [0.2, 0.25) is 0 Å². The summed E-state index contributed by atoms with van der Waals surface area (Å²) in [4.78, 5) is 20.3. The van der Waals surface area contributed by atoms with E-state index < -0.39 is 10.0 Å². The maximum atomic E-state index is 13.4. The van der Waals surface area contributed by atoms with E-state index in [9.17, 15) is 13.2 Å². The molecular formula is C20H21N3O4S2. The molecule has 1 aliphatic heterocycles. The van der Waals surface area contributed by atoms with Gasteiger partial charge in [-0.15, -0.1) is 11.3 Å². The average Bonchev–Trinajstić information content (AvgIpc) is 3.37. The molecule has 1 atom stereocenters. The monoisotopic (exact) mass is 431 g/mol. The predicted octanol–water partition coefficient (Wildman–Crippen LogP) is 3.22. The van der Waals surface area contributed by atoms with Gasteiger partial charge in [0, 0.05) is 24.7 Å². The van der Waals surface area contributed by atoms with Crippen LogP contribution in [0, 0.1) is 0 Å². The SMILES string of the molecule is CS(=O)(=O)NC1CCCN(C(=O)c2sc(-c3ccco3)nc2-c2ccccc2)C1. The van der Waals surface area contributed by atoms with E-state index in [0.29, 0.717) is 40.8 Å². The second-order valence-electron chi connectivity index (χ2n) is 7.02. The third-order valence-electron chi connectivity index (χ3n) is 4.69. The van der Waals surface area contributed by atoms with Crippen LogP contribution in [0.1, 0.15) is 22.5 Å². The number of nitrogens with one attached hydrogen (secondary N) is 1. The first kappa shape index (κ1) is 19.8. The zero-order chi connectivity index (χ0) is 20.4. The van der Waals surface area contributed by atoms with Gasteiger partial charge in [0.25, 0.3) is 5.91 Å². The maximum Gasteiger partial charge on any atom is 0.266 e. The Labute approximate surface area is 173 Å². The van der Waals surface area contributed by atoms with Gasteiger partial charge in [-0.25, -0.2) is 18.1 Å². The van der Waals surface area contributed by atoms with Crippen molar-refractivity contribution >= 4 is 27.3 Å². The van der Waals surface area contributed by atoms with Crippen molar-refractivity contribution in [2.24, 2.45) is 0 Å². The number of piperidine rings is 1. The molecule has 3 heterocycles. The van der Waals surface area contributed by atoms with E-state index in [1.807, 2.05) is 36.4 Å². The van der Waals surface area contributed by atoms with Crippen molar-refractivity contribution in [1.29, 1.82) is 0 Å². The van der Waals surface area contributed by atoms with Gasteiger partial charge in [0.15, 0.2) is 10.8 Å². The summed E-state index contributed by atoms with van der Waals surface area (Å²) in [6.07, 6.45) is 4.17. The van der Waals surface area contributed by atoms with Gasteiger partial charge >= 0.3 is 0 Å². The van der Waals surface area contributed by atoms with E-state index >= 15 is 0 Å². The largest absolute Gasteiger partial charge is 0.462 e. The molecule has 7 nitrogen and oxygen atoms in total. The van der Waals surface area contributed by atoms with Crippen LogP contribution in [0.25, 0.3) is 22.0 Å². The van der Waals surface area contributed by atoms with Gasteiger partial charge in [0.05, 0.1) is 18.2 Å². The summed E-state index contributed by atoms with van der Waals surface area (Å²) in [5, 5.41) is 0.639. The second-order valence-corrected chi connectivity index (χ2v) is 9.80. The average molecular weight is 432 g/mol. The molecule has 1 fully saturated rings. The first-order chi connectivity index (χ1) is 13.9. The molecule has 1 amide bonds. The summed E-state index contributed by atoms with van der Waals surface area (Å²) in [7, 11) is -3.32. The number of carbonyl (C=O) groups is 1. The van der Waals surface area contributed by atoms with Crippen LogP contribution in [-0.4, -0.2) is 49.6 Å². The van der Waals surface area contributed by atoms with Crippen LogP contribution in [0.3, 0.4) is 0 Å². The number of hydrogen-bond acceptors (Lipinski definition) is 6. The molecule has 0 aliphatic carbocycles. The number of thiazole rings is 1. The molecule has 9 heteroatoms. The first-order valence-corrected chi connectivity index (χ1v) is 12.0. The number of amides is 1. The Morgan fingerprint density at radius 1 is 1.24 bits per heavy atom. The van der Waals surface area contributed by atoms with Gasteiger partial charge < -0.3 is 9.32 Å². The highest BCUT2D eigenvalue weighted by molar-refractivity contribution is 7.88. The van der Waals surface area contributed by atoms with Crippen molar-refractivity contribution in [2.75, 3.05) is 19.3 Å². The fraction of sp³-hybridized carbons (Fsp3) is 0.300. The Hall–Kier alpha value is -2.49. The molecule has 1 saturated heterocycles. The summed E-state index contributed by atoms with van der Waals surface area (Å²) in [6, 6.07) is 12.9. The number of aromatic nitrogens is 1. The van der Waals surface area contributed by atoms with E-state index in [2.05, 4.69) is 9.71 Å². The lowest BCUT2D eigenvalue weighted by molar-refractivity contribution is 0.0708. The molecule has 1 N–H and O–H groups in total. The quantitative estimate of drug-likeness (QED) is 0.670. The molecule has 2 aromatic heterocycles. The smallest absolute Gasteiger partial charge is 0.266 e. The first-order valence-electron chi connectivity index (χ1n) is 9.27. The lowest BCUT2D eigenvalue weighted by atomic mass is 10.1. The lowest BCUT2D eigenvalue weighted by Crippen LogP contribution is -2.49. The van der Waals surface area contributed by atoms with Crippen LogP contribution in [-0.2, 0) is 10.0 Å². The van der Waals surface area contributed by atoms with Crippen molar-refractivity contribution in [3.63, 3.8) is 0 Å². The maximum absolute atomic E-state index is 13.4. The molecule has 0 spiro atoms. The standard InChI is InChI=1S/C20H21N3O4S2/c1-29(25,26)22-15-9-5-11-23(13-15)20(24)18-17(14-7-3-2-4-8-14)21-19(28-18)16-10-6-12-27-16/h2-4,6-8,10,12,15,22H,5,9,11,13H2,1H3. The highest BCUT2D eigenvalue weighted by atomic mass is 32.2. The van der Waals surface area contributed by atoms with E-state index in [0.717, 1.165) is 18.2 Å². The number of sulfonamides is 1. The summed E-state index contributed by atoms with van der Waals surface area (Å²) < 4.78 is 31.3. The molecule has 0 radical (unpaired) electrons. The molecule has 1 unspecified atom stereocenters. The van der Waals surface area contributed by atoms with Crippen molar-refractivity contribution in [3.8, 4) is 22.0 Å². The Balaban J connectivity index is 1.67. The van der Waals surface area contributed by atoms with Gasteiger partial charge in [0.2, 0.25) is 10.0 Å². The molecular weight excluding hydrogens is 410 g/mol. The number of hydrogen-bond donors (Lipinski definition) is 1. The van der Waals surface area contributed by atoms with Crippen molar-refractivity contribution < 1.29 is 17.6 Å². The lowest BCUT2D eigenvalue weighted by Gasteiger charge is -2.32. The summed E-state index contributed by atoms with van der Waals surface area (Å²) >= 11 is 1.29. The second kappa shape index (κ2) is 8.10. The molecule has 29 heavy (non-hydrogen) atoms. The number of furan rings is 1. The zero-order valence-electron chi connectivity index (χ0n) is 15.9. The number of carbonyl (C=O) groups excluding carboxylic acids is 1. The number of likely N-dealkylation sites (tertiary alicyclic amines) is 1. The van der Waals surface area contributed by atoms with Gasteiger partial charge in [-0.2, -0.15) is 0 Å². The normalized spacial score (nSPS) is 17.4. The molecule has 1 aromatic carbocycles. The zero-order valence-corrected chi connectivity index (χ0v) is 17.5. The summed E-state index contributed by atoms with van der Waals surface area (Å²) in [6.45, 7) is 0.928. The minimum atomic E-state index is -3.32. The fourth-order valence-electron chi connectivity index (χ4n) is 3.47. The van der Waals surface area contributed by atoms with Crippen LogP contribution >= 0.6 is 11.3 Å². The van der Waals surface area contributed by atoms with Crippen LogP contribution in [0.15, 0.2) is 53.1 Å². The van der Waals surface area contributed by atoms with E-state index in [4.69, 9.17) is 4.42 Å². The number of rotatable bonds is 5. The Morgan fingerprint density at radius 3 is 2.72 bits per heavy atom. The van der Waals surface area contributed by atoms with Crippen LogP contribution in [0.4, 0.5) is 0 Å². The van der Waals surface area contributed by atoms with Gasteiger partial charge in [-0.05, 0) is 25.0 Å².